The summed E-state index contributed by atoms with van der Waals surface area (Å²) in [5.74, 6) is 5.01. The van der Waals surface area contributed by atoms with Gasteiger partial charge in [-0.1, -0.05) is 5.92 Å². The zero-order valence-corrected chi connectivity index (χ0v) is 7.82. The second-order valence-corrected chi connectivity index (χ2v) is 2.72. The van der Waals surface area contributed by atoms with Gasteiger partial charge in [-0.3, -0.25) is 4.79 Å². The molecule has 1 aromatic rings. The highest BCUT2D eigenvalue weighted by Gasteiger charge is 1.93. The average molecular weight is 190 g/mol. The van der Waals surface area contributed by atoms with Crippen molar-refractivity contribution in [1.29, 1.82) is 0 Å². The van der Waals surface area contributed by atoms with E-state index in [2.05, 4.69) is 21.8 Å². The Hall–Kier alpha value is -1.89. The molecule has 0 atom stereocenters. The molecule has 0 aliphatic rings. The summed E-state index contributed by atoms with van der Waals surface area (Å²) in [6.07, 6.45) is 2.01. The number of carboxylic acid groups (broad SMARTS) is 1. The Bertz CT molecular complexity index is 391. The normalized spacial score (nSPS) is 8.93. The maximum atomic E-state index is 10.2. The van der Waals surface area contributed by atoms with Crippen molar-refractivity contribution >= 4 is 5.97 Å². The van der Waals surface area contributed by atoms with Crippen LogP contribution >= 0.6 is 0 Å². The topological polar surface area (TPSA) is 63.1 Å². The third-order valence-electron chi connectivity index (χ3n) is 1.46. The lowest BCUT2D eigenvalue weighted by Gasteiger charge is -1.90. The molecule has 0 aromatic carbocycles. The summed E-state index contributed by atoms with van der Waals surface area (Å²) in [6, 6.07) is 1.78. The molecule has 0 aliphatic heterocycles. The Balaban J connectivity index is 2.55. The van der Waals surface area contributed by atoms with Crippen LogP contribution in [0.2, 0.25) is 0 Å². The smallest absolute Gasteiger partial charge is 0.304 e. The van der Waals surface area contributed by atoms with Gasteiger partial charge in [0.05, 0.1) is 6.42 Å². The Morgan fingerprint density at radius 3 is 3.07 bits per heavy atom. The number of carbonyl (C=O) groups is 1. The highest BCUT2D eigenvalue weighted by molar-refractivity contribution is 5.67. The molecule has 0 aliphatic carbocycles. The lowest BCUT2D eigenvalue weighted by Crippen LogP contribution is -1.93. The van der Waals surface area contributed by atoms with E-state index in [0.29, 0.717) is 12.2 Å². The Kier molecular flexibility index (Phi) is 3.62. The maximum absolute atomic E-state index is 10.2. The molecule has 0 unspecified atom stereocenters. The molecule has 1 rings (SSSR count). The number of aryl methyl sites for hydroxylation is 1. The van der Waals surface area contributed by atoms with E-state index in [1.807, 2.05) is 6.92 Å². The van der Waals surface area contributed by atoms with Crippen molar-refractivity contribution < 1.29 is 9.90 Å². The molecule has 1 aromatic heterocycles. The predicted octanol–water partition coefficient (Wildman–Crippen LogP) is 1.00. The predicted molar refractivity (Wildman–Crippen MR) is 50.5 cm³/mol. The molecule has 0 radical (unpaired) electrons. The van der Waals surface area contributed by atoms with E-state index < -0.39 is 5.97 Å². The first-order valence-electron chi connectivity index (χ1n) is 4.19. The molecule has 1 N–H and O–H groups in total. The summed E-state index contributed by atoms with van der Waals surface area (Å²) in [7, 11) is 0. The number of aromatic nitrogens is 2. The molecule has 0 spiro atoms. The fourth-order valence-electron chi connectivity index (χ4n) is 0.820. The van der Waals surface area contributed by atoms with Gasteiger partial charge in [0.2, 0.25) is 5.82 Å². The van der Waals surface area contributed by atoms with Crippen molar-refractivity contribution in [3.05, 3.63) is 23.8 Å². The number of hydrogen-bond donors (Lipinski definition) is 1. The van der Waals surface area contributed by atoms with Crippen LogP contribution in [0.3, 0.4) is 0 Å². The summed E-state index contributed by atoms with van der Waals surface area (Å²) in [5.41, 5.74) is 0.850. The van der Waals surface area contributed by atoms with Crippen molar-refractivity contribution in [2.75, 3.05) is 0 Å². The molecule has 1 heterocycles. The van der Waals surface area contributed by atoms with Crippen LogP contribution in [-0.2, 0) is 4.79 Å². The first-order valence-corrected chi connectivity index (χ1v) is 4.19. The van der Waals surface area contributed by atoms with Crippen molar-refractivity contribution in [2.45, 2.75) is 19.8 Å². The zero-order valence-electron chi connectivity index (χ0n) is 7.82. The van der Waals surface area contributed by atoms with Crippen LogP contribution in [0.4, 0.5) is 0 Å². The summed E-state index contributed by atoms with van der Waals surface area (Å²) < 4.78 is 0. The Labute approximate surface area is 82.0 Å². The average Bonchev–Trinajstić information content (AvgIpc) is 2.12. The first-order chi connectivity index (χ1) is 6.68. The third kappa shape index (κ3) is 3.68. The summed E-state index contributed by atoms with van der Waals surface area (Å²) in [4.78, 5) is 18.1. The van der Waals surface area contributed by atoms with Crippen LogP contribution < -0.4 is 0 Å². The van der Waals surface area contributed by atoms with Gasteiger partial charge in [-0.15, -0.1) is 0 Å². The molecule has 0 fully saturated rings. The molecule has 14 heavy (non-hydrogen) atoms. The van der Waals surface area contributed by atoms with Crippen LogP contribution in [0, 0.1) is 18.8 Å². The van der Waals surface area contributed by atoms with Gasteiger partial charge in [-0.25, -0.2) is 9.97 Å². The van der Waals surface area contributed by atoms with Crippen LogP contribution in [0.15, 0.2) is 12.3 Å². The van der Waals surface area contributed by atoms with Crippen LogP contribution in [0.25, 0.3) is 0 Å². The van der Waals surface area contributed by atoms with Gasteiger partial charge >= 0.3 is 5.97 Å². The fourth-order valence-corrected chi connectivity index (χ4v) is 0.820. The Morgan fingerprint density at radius 1 is 1.64 bits per heavy atom. The van der Waals surface area contributed by atoms with Crippen molar-refractivity contribution in [2.24, 2.45) is 0 Å². The standard InChI is InChI=1S/C10H10N2O2/c1-8-6-7-11-9(12-8)4-2-3-5-10(13)14/h6-7H,3,5H2,1H3,(H,13,14). The molecule has 0 bridgehead atoms. The summed E-state index contributed by atoms with van der Waals surface area (Å²) >= 11 is 0. The van der Waals surface area contributed by atoms with Crippen molar-refractivity contribution in [3.8, 4) is 11.8 Å². The molecule has 0 saturated heterocycles. The minimum atomic E-state index is -0.843. The summed E-state index contributed by atoms with van der Waals surface area (Å²) in [5, 5.41) is 8.36. The van der Waals surface area contributed by atoms with E-state index in [4.69, 9.17) is 5.11 Å². The van der Waals surface area contributed by atoms with E-state index in [1.165, 1.54) is 0 Å². The molecular weight excluding hydrogens is 180 g/mol. The van der Waals surface area contributed by atoms with Gasteiger partial charge in [0.1, 0.15) is 0 Å². The number of rotatable bonds is 2. The molecule has 4 heteroatoms. The molecule has 4 nitrogen and oxygen atoms in total. The van der Waals surface area contributed by atoms with Gasteiger partial charge in [0.15, 0.2) is 0 Å². The SMILES string of the molecule is Cc1ccnc(C#CCCC(=O)O)n1. The summed E-state index contributed by atoms with van der Waals surface area (Å²) in [6.45, 7) is 1.85. The molecule has 72 valence electrons. The zero-order chi connectivity index (χ0) is 10.4. The minimum absolute atomic E-state index is 0.0544. The second kappa shape index (κ2) is 4.97. The second-order valence-electron chi connectivity index (χ2n) is 2.72. The fraction of sp³-hybridized carbons (Fsp3) is 0.300. The number of hydrogen-bond acceptors (Lipinski definition) is 3. The largest absolute Gasteiger partial charge is 0.481 e. The Morgan fingerprint density at radius 2 is 2.43 bits per heavy atom. The lowest BCUT2D eigenvalue weighted by atomic mass is 10.3. The van der Waals surface area contributed by atoms with Crippen LogP contribution in [-0.4, -0.2) is 21.0 Å². The maximum Gasteiger partial charge on any atom is 0.304 e. The highest BCUT2D eigenvalue weighted by atomic mass is 16.4. The molecular formula is C10H10N2O2. The van der Waals surface area contributed by atoms with E-state index in [-0.39, 0.29) is 6.42 Å². The van der Waals surface area contributed by atoms with Gasteiger partial charge in [-0.05, 0) is 18.9 Å². The van der Waals surface area contributed by atoms with E-state index in [9.17, 15) is 4.79 Å². The quantitative estimate of drug-likeness (QED) is 0.706. The van der Waals surface area contributed by atoms with E-state index in [1.54, 1.807) is 12.3 Å². The van der Waals surface area contributed by atoms with Gasteiger partial charge in [0.25, 0.3) is 0 Å². The minimum Gasteiger partial charge on any atom is -0.481 e. The van der Waals surface area contributed by atoms with Gasteiger partial charge < -0.3 is 5.11 Å². The monoisotopic (exact) mass is 190 g/mol. The van der Waals surface area contributed by atoms with E-state index >= 15 is 0 Å². The van der Waals surface area contributed by atoms with Crippen molar-refractivity contribution in [3.63, 3.8) is 0 Å². The molecule has 0 amide bonds. The number of aliphatic carboxylic acids is 1. The van der Waals surface area contributed by atoms with Gasteiger partial charge in [-0.2, -0.15) is 0 Å². The van der Waals surface area contributed by atoms with Crippen molar-refractivity contribution in [1.82, 2.24) is 9.97 Å². The van der Waals surface area contributed by atoms with Crippen LogP contribution in [0.1, 0.15) is 24.4 Å². The van der Waals surface area contributed by atoms with E-state index in [0.717, 1.165) is 5.69 Å². The highest BCUT2D eigenvalue weighted by Crippen LogP contribution is 1.92. The number of nitrogens with zero attached hydrogens (tertiary/aromatic N) is 2. The number of carboxylic acids is 1. The third-order valence-corrected chi connectivity index (χ3v) is 1.46. The molecule has 0 saturated carbocycles. The first kappa shape index (κ1) is 10.2. The van der Waals surface area contributed by atoms with Crippen LogP contribution in [0.5, 0.6) is 0 Å². The van der Waals surface area contributed by atoms with Gasteiger partial charge in [0, 0.05) is 18.3 Å². The lowest BCUT2D eigenvalue weighted by molar-refractivity contribution is -0.136.